The zero-order valence-electron chi connectivity index (χ0n) is 8.71. The predicted octanol–water partition coefficient (Wildman–Crippen LogP) is 1.33. The Bertz CT molecular complexity index is 537. The molecule has 3 heteroatoms. The Morgan fingerprint density at radius 3 is 2.56 bits per heavy atom. The maximum absolute atomic E-state index is 11.9. The summed E-state index contributed by atoms with van der Waals surface area (Å²) >= 11 is 0. The van der Waals surface area contributed by atoms with Gasteiger partial charge in [0.1, 0.15) is 5.69 Å². The normalized spacial score (nSPS) is 14.0. The van der Waals surface area contributed by atoms with E-state index >= 15 is 0 Å². The number of anilines is 1. The van der Waals surface area contributed by atoms with Crippen LogP contribution in [-0.4, -0.2) is 5.91 Å². The molecule has 1 aromatic heterocycles. The highest BCUT2D eigenvalue weighted by Crippen LogP contribution is 2.26. The minimum atomic E-state index is 0.109. The van der Waals surface area contributed by atoms with Gasteiger partial charge in [-0.3, -0.25) is 4.79 Å². The van der Waals surface area contributed by atoms with Gasteiger partial charge in [-0.15, -0.1) is 0 Å². The molecule has 1 aromatic carbocycles. The van der Waals surface area contributed by atoms with Gasteiger partial charge >= 0.3 is 0 Å². The van der Waals surface area contributed by atoms with E-state index in [1.165, 1.54) is 0 Å². The maximum Gasteiger partial charge on any atom is 0.288 e. The number of hydrogen-bond donors (Lipinski definition) is 0. The summed E-state index contributed by atoms with van der Waals surface area (Å²) in [5.74, 6) is 0.109. The molecule has 1 aliphatic heterocycles. The molecule has 0 bridgehead atoms. The predicted molar refractivity (Wildman–Crippen MR) is 59.7 cm³/mol. The van der Waals surface area contributed by atoms with Gasteiger partial charge < -0.3 is 0 Å². The van der Waals surface area contributed by atoms with Crippen LogP contribution in [0, 0.1) is 0 Å². The fourth-order valence-corrected chi connectivity index (χ4v) is 2.02. The number of pyridine rings is 1. The van der Waals surface area contributed by atoms with Crippen LogP contribution in [0.5, 0.6) is 0 Å². The largest absolute Gasteiger partial charge is 0.288 e. The monoisotopic (exact) mass is 211 g/mol. The van der Waals surface area contributed by atoms with Crippen molar-refractivity contribution in [2.45, 2.75) is 6.42 Å². The highest BCUT2D eigenvalue weighted by Gasteiger charge is 2.33. The van der Waals surface area contributed by atoms with E-state index in [4.69, 9.17) is 0 Å². The van der Waals surface area contributed by atoms with Crippen LogP contribution in [0.2, 0.25) is 0 Å². The Balaban J connectivity index is 2.13. The number of para-hydroxylation sites is 1. The molecule has 0 fully saturated rings. The molecule has 2 aromatic rings. The molecule has 0 spiro atoms. The van der Waals surface area contributed by atoms with E-state index in [0.717, 1.165) is 11.3 Å². The minimum Gasteiger partial charge on any atom is -0.268 e. The molecule has 3 nitrogen and oxygen atoms in total. The number of rotatable bonds is 1. The lowest BCUT2D eigenvalue weighted by Gasteiger charge is -2.09. The Kier molecular flexibility index (Phi) is 1.96. The van der Waals surface area contributed by atoms with Crippen molar-refractivity contribution in [3.8, 4) is 0 Å². The first-order valence-electron chi connectivity index (χ1n) is 5.24. The second-order valence-corrected chi connectivity index (χ2v) is 3.77. The first-order valence-corrected chi connectivity index (χ1v) is 5.24. The van der Waals surface area contributed by atoms with Crippen LogP contribution in [0.3, 0.4) is 0 Å². The van der Waals surface area contributed by atoms with Crippen molar-refractivity contribution in [3.63, 3.8) is 0 Å². The van der Waals surface area contributed by atoms with Crippen LogP contribution in [0.15, 0.2) is 54.9 Å². The fourth-order valence-electron chi connectivity index (χ4n) is 2.02. The van der Waals surface area contributed by atoms with Gasteiger partial charge in [0.05, 0.1) is 6.42 Å². The molecule has 0 radical (unpaired) electrons. The molecule has 1 aliphatic rings. The Morgan fingerprint density at radius 2 is 1.75 bits per heavy atom. The lowest BCUT2D eigenvalue weighted by molar-refractivity contribution is -0.674. The molecule has 0 unspecified atom stereocenters. The highest BCUT2D eigenvalue weighted by atomic mass is 16.2. The van der Waals surface area contributed by atoms with Gasteiger partial charge in [-0.05, 0) is 11.6 Å². The molecule has 0 atom stereocenters. The molecular formula is C13H11N2O+. The summed E-state index contributed by atoms with van der Waals surface area (Å²) in [4.78, 5) is 11.9. The van der Waals surface area contributed by atoms with E-state index in [-0.39, 0.29) is 5.91 Å². The van der Waals surface area contributed by atoms with Crippen molar-refractivity contribution in [2.75, 3.05) is 5.01 Å². The molecule has 2 heterocycles. The van der Waals surface area contributed by atoms with Crippen LogP contribution in [0.25, 0.3) is 0 Å². The lowest BCUT2D eigenvalue weighted by atomic mass is 10.2. The van der Waals surface area contributed by atoms with E-state index in [1.54, 1.807) is 5.01 Å². The molecule has 0 aliphatic carbocycles. The van der Waals surface area contributed by atoms with Gasteiger partial charge in [-0.2, -0.15) is 0 Å². The molecular weight excluding hydrogens is 200 g/mol. The van der Waals surface area contributed by atoms with Gasteiger partial charge in [0.2, 0.25) is 12.4 Å². The van der Waals surface area contributed by atoms with E-state index in [2.05, 4.69) is 0 Å². The number of fused-ring (bicyclic) bond motifs is 1. The van der Waals surface area contributed by atoms with Crippen LogP contribution in [0.1, 0.15) is 5.56 Å². The number of hydrogen-bond acceptors (Lipinski definition) is 1. The summed E-state index contributed by atoms with van der Waals surface area (Å²) in [6.07, 6.45) is 4.23. The number of aromatic nitrogens is 1. The molecule has 16 heavy (non-hydrogen) atoms. The smallest absolute Gasteiger partial charge is 0.268 e. The van der Waals surface area contributed by atoms with Gasteiger partial charge in [0, 0.05) is 12.1 Å². The van der Waals surface area contributed by atoms with E-state index in [0.29, 0.717) is 6.42 Å². The summed E-state index contributed by atoms with van der Waals surface area (Å²) in [6, 6.07) is 13.6. The summed E-state index contributed by atoms with van der Waals surface area (Å²) in [7, 11) is 0. The minimum absolute atomic E-state index is 0.109. The average molecular weight is 211 g/mol. The van der Waals surface area contributed by atoms with Crippen molar-refractivity contribution in [1.29, 1.82) is 0 Å². The molecule has 0 saturated heterocycles. The molecule has 0 saturated carbocycles. The average Bonchev–Trinajstić information content (AvgIpc) is 2.66. The SMILES string of the molecule is O=C1Cc2ccccc2N1[n+]1ccccc1. The third kappa shape index (κ3) is 1.29. The zero-order valence-corrected chi connectivity index (χ0v) is 8.71. The third-order valence-electron chi connectivity index (χ3n) is 2.73. The molecule has 1 amide bonds. The first-order chi connectivity index (χ1) is 7.86. The quantitative estimate of drug-likeness (QED) is 0.653. The summed E-state index contributed by atoms with van der Waals surface area (Å²) in [5, 5.41) is 1.70. The fraction of sp³-hybridized carbons (Fsp3) is 0.0769. The first kappa shape index (κ1) is 9.09. The highest BCUT2D eigenvalue weighted by molar-refractivity contribution is 5.99. The van der Waals surface area contributed by atoms with Gasteiger partial charge in [-0.1, -0.05) is 34.0 Å². The van der Waals surface area contributed by atoms with Gasteiger partial charge in [-0.25, -0.2) is 0 Å². The number of carbonyl (C=O) groups excluding carboxylic acids is 1. The van der Waals surface area contributed by atoms with E-state index in [1.807, 2.05) is 59.5 Å². The van der Waals surface area contributed by atoms with Crippen LogP contribution in [-0.2, 0) is 11.2 Å². The Labute approximate surface area is 93.5 Å². The number of amides is 1. The van der Waals surface area contributed by atoms with Crippen LogP contribution in [0.4, 0.5) is 5.69 Å². The van der Waals surface area contributed by atoms with Crippen molar-refractivity contribution in [1.82, 2.24) is 0 Å². The van der Waals surface area contributed by atoms with Crippen molar-refractivity contribution in [2.24, 2.45) is 0 Å². The lowest BCUT2D eigenvalue weighted by Crippen LogP contribution is -2.55. The number of benzene rings is 1. The van der Waals surface area contributed by atoms with E-state index in [9.17, 15) is 4.79 Å². The molecule has 78 valence electrons. The second-order valence-electron chi connectivity index (χ2n) is 3.77. The summed E-state index contributed by atoms with van der Waals surface area (Å²) in [5.41, 5.74) is 2.06. The summed E-state index contributed by atoms with van der Waals surface area (Å²) in [6.45, 7) is 0. The number of nitrogens with zero attached hydrogens (tertiary/aromatic N) is 2. The zero-order chi connectivity index (χ0) is 11.0. The molecule has 3 rings (SSSR count). The van der Waals surface area contributed by atoms with Gasteiger partial charge in [0.15, 0.2) is 0 Å². The van der Waals surface area contributed by atoms with Crippen molar-refractivity contribution in [3.05, 3.63) is 60.4 Å². The van der Waals surface area contributed by atoms with E-state index < -0.39 is 0 Å². The van der Waals surface area contributed by atoms with Crippen LogP contribution >= 0.6 is 0 Å². The van der Waals surface area contributed by atoms with Gasteiger partial charge in [0.25, 0.3) is 5.91 Å². The standard InChI is InChI=1S/C13H11N2O/c16-13-10-11-6-2-3-7-12(11)15(13)14-8-4-1-5-9-14/h1-9H,10H2/q+1. The Hall–Kier alpha value is -2.16. The van der Waals surface area contributed by atoms with Crippen LogP contribution < -0.4 is 9.69 Å². The maximum atomic E-state index is 11.9. The third-order valence-corrected chi connectivity index (χ3v) is 2.73. The summed E-state index contributed by atoms with van der Waals surface area (Å²) < 4.78 is 1.81. The molecule has 0 N–H and O–H groups in total. The Morgan fingerprint density at radius 1 is 1.00 bits per heavy atom. The second kappa shape index (κ2) is 3.45. The van der Waals surface area contributed by atoms with Crippen molar-refractivity contribution >= 4 is 11.6 Å². The van der Waals surface area contributed by atoms with Crippen molar-refractivity contribution < 1.29 is 9.47 Å². The number of carbonyl (C=O) groups is 1. The topological polar surface area (TPSA) is 24.2 Å².